The fourth-order valence-electron chi connectivity index (χ4n) is 2.74. The first-order valence-electron chi connectivity index (χ1n) is 6.71. The quantitative estimate of drug-likeness (QED) is 0.658. The van der Waals surface area contributed by atoms with E-state index in [-0.39, 0.29) is 5.60 Å². The molecule has 1 aliphatic rings. The van der Waals surface area contributed by atoms with Crippen molar-refractivity contribution in [1.82, 2.24) is 4.57 Å². The number of benzene rings is 2. The molecule has 20 heavy (non-hydrogen) atoms. The Morgan fingerprint density at radius 2 is 1.80 bits per heavy atom. The van der Waals surface area contributed by atoms with Gasteiger partial charge in [-0.3, -0.25) is 0 Å². The number of nitrogens with zero attached hydrogens (tertiary/aromatic N) is 1. The van der Waals surface area contributed by atoms with Gasteiger partial charge in [-0.15, -0.1) is 0 Å². The average molecular weight is 284 g/mol. The molecule has 0 spiro atoms. The van der Waals surface area contributed by atoms with Crippen molar-refractivity contribution in [3.05, 3.63) is 71.4 Å². The molecular formula is C17H14ClNO. The lowest BCUT2D eigenvalue weighted by Crippen LogP contribution is -2.17. The second-order valence-corrected chi connectivity index (χ2v) is 5.73. The molecule has 2 aromatic carbocycles. The van der Waals surface area contributed by atoms with Crippen LogP contribution in [0, 0.1) is 0 Å². The maximum Gasteiger partial charge on any atom is 0.134 e. The second kappa shape index (κ2) is 4.37. The van der Waals surface area contributed by atoms with Gasteiger partial charge in [0.25, 0.3) is 0 Å². The van der Waals surface area contributed by atoms with E-state index in [0.29, 0.717) is 0 Å². The van der Waals surface area contributed by atoms with Crippen LogP contribution in [-0.2, 0) is 16.9 Å². The molecule has 0 saturated carbocycles. The number of hydrogen-bond acceptors (Lipinski definition) is 1. The molecule has 100 valence electrons. The van der Waals surface area contributed by atoms with Crippen molar-refractivity contribution in [2.75, 3.05) is 6.61 Å². The zero-order valence-corrected chi connectivity index (χ0v) is 11.7. The van der Waals surface area contributed by atoms with Gasteiger partial charge >= 0.3 is 0 Å². The number of fused-ring (bicyclic) bond motifs is 1. The molecule has 1 aromatic heterocycles. The lowest BCUT2D eigenvalue weighted by Gasteiger charge is -2.14. The van der Waals surface area contributed by atoms with E-state index >= 15 is 0 Å². The smallest absolute Gasteiger partial charge is 0.134 e. The van der Waals surface area contributed by atoms with Gasteiger partial charge in [-0.25, -0.2) is 0 Å². The standard InChI is InChI=1S/C17H14ClNO/c18-15-7-5-14(6-8-15)17(12-20-17)11-19-10-9-13-3-1-2-4-16(13)19/h1-10H,11-12H2. The van der Waals surface area contributed by atoms with Crippen LogP contribution in [0.3, 0.4) is 0 Å². The highest BCUT2D eigenvalue weighted by Crippen LogP contribution is 2.41. The van der Waals surface area contributed by atoms with E-state index in [1.807, 2.05) is 12.1 Å². The van der Waals surface area contributed by atoms with Crippen LogP contribution in [0.2, 0.25) is 5.02 Å². The maximum atomic E-state index is 5.96. The van der Waals surface area contributed by atoms with Gasteiger partial charge in [0.2, 0.25) is 0 Å². The molecule has 1 fully saturated rings. The van der Waals surface area contributed by atoms with Crippen molar-refractivity contribution in [1.29, 1.82) is 0 Å². The highest BCUT2D eigenvalue weighted by molar-refractivity contribution is 6.30. The van der Waals surface area contributed by atoms with E-state index in [2.05, 4.69) is 53.2 Å². The van der Waals surface area contributed by atoms with Crippen molar-refractivity contribution in [3.63, 3.8) is 0 Å². The number of hydrogen-bond donors (Lipinski definition) is 0. The highest BCUT2D eigenvalue weighted by atomic mass is 35.5. The lowest BCUT2D eigenvalue weighted by molar-refractivity contribution is 0.280. The van der Waals surface area contributed by atoms with Crippen LogP contribution in [0.15, 0.2) is 60.8 Å². The highest BCUT2D eigenvalue weighted by Gasteiger charge is 2.46. The van der Waals surface area contributed by atoms with Crippen LogP contribution in [0.25, 0.3) is 10.9 Å². The predicted molar refractivity (Wildman–Crippen MR) is 81.0 cm³/mol. The van der Waals surface area contributed by atoms with Crippen LogP contribution in [0.4, 0.5) is 0 Å². The average Bonchev–Trinajstić information content (AvgIpc) is 3.15. The van der Waals surface area contributed by atoms with Crippen molar-refractivity contribution >= 4 is 22.5 Å². The first-order chi connectivity index (χ1) is 9.77. The topological polar surface area (TPSA) is 17.5 Å². The Hall–Kier alpha value is -1.77. The summed E-state index contributed by atoms with van der Waals surface area (Å²) < 4.78 is 8.04. The van der Waals surface area contributed by atoms with E-state index in [9.17, 15) is 0 Å². The zero-order chi connectivity index (χ0) is 13.6. The Balaban J connectivity index is 1.70. The fraction of sp³-hybridized carbons (Fsp3) is 0.176. The number of ether oxygens (including phenoxy) is 1. The van der Waals surface area contributed by atoms with Crippen LogP contribution < -0.4 is 0 Å². The van der Waals surface area contributed by atoms with E-state index in [4.69, 9.17) is 16.3 Å². The SMILES string of the molecule is Clc1ccc(C2(Cn3ccc4ccccc43)CO2)cc1. The third kappa shape index (κ3) is 1.92. The molecule has 0 amide bonds. The molecule has 0 bridgehead atoms. The molecule has 2 heterocycles. The second-order valence-electron chi connectivity index (χ2n) is 5.29. The summed E-state index contributed by atoms with van der Waals surface area (Å²) in [6.07, 6.45) is 2.13. The van der Waals surface area contributed by atoms with Gasteiger partial charge in [-0.1, -0.05) is 41.9 Å². The monoisotopic (exact) mass is 283 g/mol. The van der Waals surface area contributed by atoms with Gasteiger partial charge in [0, 0.05) is 16.7 Å². The van der Waals surface area contributed by atoms with Gasteiger partial charge in [0.15, 0.2) is 0 Å². The van der Waals surface area contributed by atoms with Crippen LogP contribution >= 0.6 is 11.6 Å². The molecule has 2 nitrogen and oxygen atoms in total. The molecule has 1 saturated heterocycles. The number of epoxide rings is 1. The Kier molecular flexibility index (Phi) is 2.62. The van der Waals surface area contributed by atoms with Crippen LogP contribution in [0.5, 0.6) is 0 Å². The van der Waals surface area contributed by atoms with E-state index in [1.165, 1.54) is 16.5 Å². The van der Waals surface area contributed by atoms with Crippen molar-refractivity contribution < 1.29 is 4.74 Å². The van der Waals surface area contributed by atoms with Gasteiger partial charge in [0.1, 0.15) is 5.60 Å². The first kappa shape index (κ1) is 12.0. The van der Waals surface area contributed by atoms with E-state index in [1.54, 1.807) is 0 Å². The normalized spacial score (nSPS) is 21.2. The Morgan fingerprint density at radius 3 is 2.55 bits per heavy atom. The summed E-state index contributed by atoms with van der Waals surface area (Å²) in [5.74, 6) is 0. The summed E-state index contributed by atoms with van der Waals surface area (Å²) in [6, 6.07) is 18.5. The summed E-state index contributed by atoms with van der Waals surface area (Å²) in [5.41, 5.74) is 2.25. The Morgan fingerprint density at radius 1 is 1.05 bits per heavy atom. The molecule has 1 atom stereocenters. The Labute approximate surface area is 122 Å². The zero-order valence-electron chi connectivity index (χ0n) is 10.9. The van der Waals surface area contributed by atoms with Crippen molar-refractivity contribution in [3.8, 4) is 0 Å². The number of aromatic nitrogens is 1. The molecular weight excluding hydrogens is 270 g/mol. The third-order valence-electron chi connectivity index (χ3n) is 3.97. The van der Waals surface area contributed by atoms with Gasteiger partial charge < -0.3 is 9.30 Å². The number of para-hydroxylation sites is 1. The maximum absolute atomic E-state index is 5.96. The lowest BCUT2D eigenvalue weighted by atomic mass is 10.00. The Bertz CT molecular complexity index is 756. The first-order valence-corrected chi connectivity index (χ1v) is 7.09. The van der Waals surface area contributed by atoms with Crippen molar-refractivity contribution in [2.24, 2.45) is 0 Å². The summed E-state index contributed by atoms with van der Waals surface area (Å²) >= 11 is 5.96. The molecule has 1 aliphatic heterocycles. The summed E-state index contributed by atoms with van der Waals surface area (Å²) in [4.78, 5) is 0. The van der Waals surface area contributed by atoms with E-state index in [0.717, 1.165) is 18.2 Å². The van der Waals surface area contributed by atoms with Gasteiger partial charge in [-0.05, 0) is 35.2 Å². The molecule has 4 rings (SSSR count). The summed E-state index contributed by atoms with van der Waals surface area (Å²) in [7, 11) is 0. The summed E-state index contributed by atoms with van der Waals surface area (Å²) in [5, 5.41) is 2.02. The molecule has 0 radical (unpaired) electrons. The molecule has 0 aliphatic carbocycles. The molecule has 1 unspecified atom stereocenters. The van der Waals surface area contributed by atoms with Gasteiger partial charge in [0.05, 0.1) is 13.2 Å². The predicted octanol–water partition coefficient (Wildman–Crippen LogP) is 4.22. The number of halogens is 1. The fourth-order valence-corrected chi connectivity index (χ4v) is 2.87. The van der Waals surface area contributed by atoms with Crippen LogP contribution in [-0.4, -0.2) is 11.2 Å². The third-order valence-corrected chi connectivity index (χ3v) is 4.22. The van der Waals surface area contributed by atoms with Gasteiger partial charge in [-0.2, -0.15) is 0 Å². The minimum absolute atomic E-state index is 0.188. The molecule has 3 aromatic rings. The minimum Gasteiger partial charge on any atom is -0.363 e. The summed E-state index contributed by atoms with van der Waals surface area (Å²) in [6.45, 7) is 1.60. The van der Waals surface area contributed by atoms with Crippen molar-refractivity contribution in [2.45, 2.75) is 12.1 Å². The van der Waals surface area contributed by atoms with E-state index < -0.39 is 0 Å². The van der Waals surface area contributed by atoms with Crippen LogP contribution in [0.1, 0.15) is 5.56 Å². The largest absolute Gasteiger partial charge is 0.363 e. The molecule has 0 N–H and O–H groups in total. The molecule has 3 heteroatoms. The minimum atomic E-state index is -0.188. The number of rotatable bonds is 3.